The molecular weight excluding hydrogens is 254 g/mol. The summed E-state index contributed by atoms with van der Waals surface area (Å²) in [6.07, 6.45) is 4.47. The van der Waals surface area contributed by atoms with Crippen molar-refractivity contribution in [1.29, 1.82) is 0 Å². The van der Waals surface area contributed by atoms with Gasteiger partial charge in [0.05, 0.1) is 0 Å². The van der Waals surface area contributed by atoms with Gasteiger partial charge in [-0.2, -0.15) is 0 Å². The lowest BCUT2D eigenvalue weighted by Crippen LogP contribution is -2.53. The van der Waals surface area contributed by atoms with Gasteiger partial charge < -0.3 is 14.4 Å². The Bertz CT molecular complexity index is 383. The molecule has 0 aliphatic carbocycles. The van der Waals surface area contributed by atoms with Gasteiger partial charge in [0.25, 0.3) is 0 Å². The Morgan fingerprint density at radius 2 is 1.75 bits per heavy atom. The molecule has 2 bridgehead atoms. The van der Waals surface area contributed by atoms with Crippen LogP contribution < -0.4 is 0 Å². The molecule has 4 heteroatoms. The fraction of sp³-hybridized carbons (Fsp3) is 0.875. The molecule has 0 aromatic rings. The molecule has 0 N–H and O–H groups in total. The van der Waals surface area contributed by atoms with E-state index < -0.39 is 5.60 Å². The molecule has 2 fully saturated rings. The van der Waals surface area contributed by atoms with Crippen LogP contribution in [-0.2, 0) is 9.53 Å². The Kier molecular flexibility index (Phi) is 3.87. The Labute approximate surface area is 121 Å². The second kappa shape index (κ2) is 5.05. The highest BCUT2D eigenvalue weighted by Gasteiger charge is 2.52. The normalized spacial score (nSPS) is 33.4. The molecule has 2 atom stereocenters. The molecule has 0 spiro atoms. The average Bonchev–Trinajstić information content (AvgIpc) is 2.59. The number of rotatable bonds is 2. The molecule has 0 aromatic heterocycles. The third-order valence-electron chi connectivity index (χ3n) is 4.84. The minimum Gasteiger partial charge on any atom is -0.444 e. The summed E-state index contributed by atoms with van der Waals surface area (Å²) in [6.45, 7) is 9.88. The van der Waals surface area contributed by atoms with Gasteiger partial charge in [-0.25, -0.2) is 4.79 Å². The van der Waals surface area contributed by atoms with Crippen molar-refractivity contribution in [2.45, 2.75) is 78.0 Å². The standard InChI is InChI=1S/C16H27NO3/c1-11(2)16(10-18)8-12-6-7-13(9-16)17(12)14(19)20-15(3,4)5/h10-13H,6-9H2,1-5H3. The van der Waals surface area contributed by atoms with Crippen molar-refractivity contribution in [1.82, 2.24) is 4.90 Å². The summed E-state index contributed by atoms with van der Waals surface area (Å²) in [4.78, 5) is 25.9. The number of carbonyl (C=O) groups is 2. The number of aldehydes is 1. The van der Waals surface area contributed by atoms with Crippen LogP contribution in [-0.4, -0.2) is 35.0 Å². The fourth-order valence-corrected chi connectivity index (χ4v) is 3.64. The zero-order valence-electron chi connectivity index (χ0n) is 13.3. The van der Waals surface area contributed by atoms with Gasteiger partial charge in [-0.1, -0.05) is 13.8 Å². The van der Waals surface area contributed by atoms with E-state index in [1.54, 1.807) is 0 Å². The number of hydrogen-bond acceptors (Lipinski definition) is 3. The van der Waals surface area contributed by atoms with Gasteiger partial charge in [-0.15, -0.1) is 0 Å². The van der Waals surface area contributed by atoms with Gasteiger partial charge in [-0.3, -0.25) is 0 Å². The largest absolute Gasteiger partial charge is 0.444 e. The van der Waals surface area contributed by atoms with Crippen molar-refractivity contribution in [2.75, 3.05) is 0 Å². The number of ether oxygens (including phenoxy) is 1. The lowest BCUT2D eigenvalue weighted by Gasteiger charge is -2.45. The highest BCUT2D eigenvalue weighted by molar-refractivity contribution is 5.71. The zero-order chi connectivity index (χ0) is 15.1. The van der Waals surface area contributed by atoms with Crippen molar-refractivity contribution in [2.24, 2.45) is 11.3 Å². The minimum atomic E-state index is -0.465. The molecule has 0 saturated carbocycles. The van der Waals surface area contributed by atoms with Crippen molar-refractivity contribution >= 4 is 12.4 Å². The Hall–Kier alpha value is -1.06. The van der Waals surface area contributed by atoms with Crippen molar-refractivity contribution in [3.05, 3.63) is 0 Å². The van der Waals surface area contributed by atoms with E-state index >= 15 is 0 Å². The number of nitrogens with zero attached hydrogens (tertiary/aromatic N) is 1. The van der Waals surface area contributed by atoms with Gasteiger partial charge in [-0.05, 0) is 52.4 Å². The van der Waals surface area contributed by atoms with E-state index in [1.807, 2.05) is 25.7 Å². The summed E-state index contributed by atoms with van der Waals surface area (Å²) >= 11 is 0. The Morgan fingerprint density at radius 1 is 1.25 bits per heavy atom. The Balaban J connectivity index is 2.15. The number of carbonyl (C=O) groups excluding carboxylic acids is 2. The minimum absolute atomic E-state index is 0.163. The van der Waals surface area contributed by atoms with E-state index in [9.17, 15) is 9.59 Å². The average molecular weight is 281 g/mol. The molecule has 2 rings (SSSR count). The number of fused-ring (bicyclic) bond motifs is 2. The van der Waals surface area contributed by atoms with E-state index in [4.69, 9.17) is 4.74 Å². The highest BCUT2D eigenvalue weighted by Crippen LogP contribution is 2.48. The quantitative estimate of drug-likeness (QED) is 0.729. The maximum atomic E-state index is 12.4. The van der Waals surface area contributed by atoms with E-state index in [1.165, 1.54) is 0 Å². The first-order valence-corrected chi connectivity index (χ1v) is 7.66. The van der Waals surface area contributed by atoms with E-state index in [-0.39, 0.29) is 23.6 Å². The number of piperidine rings is 1. The van der Waals surface area contributed by atoms with Crippen molar-refractivity contribution in [3.63, 3.8) is 0 Å². The van der Waals surface area contributed by atoms with Gasteiger partial charge in [0.1, 0.15) is 11.9 Å². The van der Waals surface area contributed by atoms with E-state index in [0.29, 0.717) is 5.92 Å². The van der Waals surface area contributed by atoms with E-state index in [2.05, 4.69) is 13.8 Å². The molecule has 2 aliphatic rings. The molecule has 1 amide bonds. The number of amides is 1. The lowest BCUT2D eigenvalue weighted by atomic mass is 9.68. The van der Waals surface area contributed by atoms with Crippen LogP contribution in [0, 0.1) is 11.3 Å². The van der Waals surface area contributed by atoms with Crippen molar-refractivity contribution < 1.29 is 14.3 Å². The van der Waals surface area contributed by atoms with Crippen LogP contribution in [0.2, 0.25) is 0 Å². The first-order chi connectivity index (χ1) is 9.18. The molecule has 0 aromatic carbocycles. The third-order valence-corrected chi connectivity index (χ3v) is 4.84. The molecule has 4 nitrogen and oxygen atoms in total. The number of hydrogen-bond donors (Lipinski definition) is 0. The molecule has 2 unspecified atom stereocenters. The third kappa shape index (κ3) is 2.70. The molecule has 20 heavy (non-hydrogen) atoms. The molecule has 0 radical (unpaired) electrons. The topological polar surface area (TPSA) is 46.6 Å². The monoisotopic (exact) mass is 281 g/mol. The van der Waals surface area contributed by atoms with Gasteiger partial charge >= 0.3 is 6.09 Å². The molecule has 114 valence electrons. The summed E-state index contributed by atoms with van der Waals surface area (Å²) in [5.74, 6) is 0.323. The van der Waals surface area contributed by atoms with Crippen LogP contribution in [0.4, 0.5) is 4.79 Å². The van der Waals surface area contributed by atoms with Crippen LogP contribution in [0.5, 0.6) is 0 Å². The summed E-state index contributed by atoms with van der Waals surface area (Å²) in [7, 11) is 0. The van der Waals surface area contributed by atoms with Crippen molar-refractivity contribution in [3.8, 4) is 0 Å². The second-order valence-electron chi connectivity index (χ2n) is 7.69. The maximum absolute atomic E-state index is 12.4. The first kappa shape index (κ1) is 15.3. The molecule has 2 aliphatic heterocycles. The van der Waals surface area contributed by atoms with Crippen LogP contribution in [0.1, 0.15) is 60.3 Å². The van der Waals surface area contributed by atoms with Gasteiger partial charge in [0, 0.05) is 17.5 Å². The summed E-state index contributed by atoms with van der Waals surface area (Å²) in [6, 6.07) is 0.326. The predicted molar refractivity (Wildman–Crippen MR) is 77.5 cm³/mol. The van der Waals surface area contributed by atoms with Crippen LogP contribution in [0.3, 0.4) is 0 Å². The summed E-state index contributed by atoms with van der Waals surface area (Å²) in [5, 5.41) is 0. The predicted octanol–water partition coefficient (Wildman–Crippen LogP) is 3.39. The SMILES string of the molecule is CC(C)C1(C=O)CC2CCC(C1)N2C(=O)OC(C)(C)C. The highest BCUT2D eigenvalue weighted by atomic mass is 16.6. The summed E-state index contributed by atoms with van der Waals surface area (Å²) in [5.41, 5.74) is -0.724. The second-order valence-corrected chi connectivity index (χ2v) is 7.69. The van der Waals surface area contributed by atoms with Gasteiger partial charge in [0.2, 0.25) is 0 Å². The van der Waals surface area contributed by atoms with Crippen LogP contribution in [0.15, 0.2) is 0 Å². The molecule has 2 saturated heterocycles. The fourth-order valence-electron chi connectivity index (χ4n) is 3.64. The Morgan fingerprint density at radius 3 is 2.10 bits per heavy atom. The van der Waals surface area contributed by atoms with Crippen LogP contribution >= 0.6 is 0 Å². The lowest BCUT2D eigenvalue weighted by molar-refractivity contribution is -0.123. The van der Waals surface area contributed by atoms with Crippen LogP contribution in [0.25, 0.3) is 0 Å². The first-order valence-electron chi connectivity index (χ1n) is 7.66. The maximum Gasteiger partial charge on any atom is 0.410 e. The van der Waals surface area contributed by atoms with Gasteiger partial charge in [0.15, 0.2) is 0 Å². The molecule has 2 heterocycles. The van der Waals surface area contributed by atoms with E-state index in [0.717, 1.165) is 32.0 Å². The summed E-state index contributed by atoms with van der Waals surface area (Å²) < 4.78 is 5.52. The smallest absolute Gasteiger partial charge is 0.410 e. The zero-order valence-corrected chi connectivity index (χ0v) is 13.3. The molecular formula is C16H27NO3.